The summed E-state index contributed by atoms with van der Waals surface area (Å²) >= 11 is 0. The topological polar surface area (TPSA) is 78.4 Å². The summed E-state index contributed by atoms with van der Waals surface area (Å²) in [6, 6.07) is 4.62. The monoisotopic (exact) mass is 246 g/mol. The van der Waals surface area contributed by atoms with Gasteiger partial charge in [0.05, 0.1) is 12.0 Å². The number of hydrogen-bond acceptors (Lipinski definition) is 4. The molecule has 1 atom stereocenters. The lowest BCUT2D eigenvalue weighted by Crippen LogP contribution is -2.09. The van der Waals surface area contributed by atoms with E-state index in [9.17, 15) is 10.1 Å². The Morgan fingerprint density at radius 2 is 2.19 bits per heavy atom. The number of hydrogen-bond donors (Lipinski definition) is 1. The summed E-state index contributed by atoms with van der Waals surface area (Å²) in [6.07, 6.45) is 0.740. The van der Waals surface area contributed by atoms with E-state index in [0.717, 1.165) is 12.0 Å². The molecular formula is C10H15ClN2O3. The van der Waals surface area contributed by atoms with E-state index in [1.54, 1.807) is 12.1 Å². The Labute approximate surface area is 100 Å². The number of methoxy groups -OCH3 is 1. The molecule has 0 saturated heterocycles. The maximum Gasteiger partial charge on any atom is 0.311 e. The first-order valence-electron chi connectivity index (χ1n) is 4.68. The average Bonchev–Trinajstić information content (AvgIpc) is 2.27. The molecule has 2 N–H and O–H groups in total. The summed E-state index contributed by atoms with van der Waals surface area (Å²) in [7, 11) is 1.40. The van der Waals surface area contributed by atoms with Gasteiger partial charge in [-0.15, -0.1) is 12.4 Å². The molecule has 0 aliphatic heterocycles. The van der Waals surface area contributed by atoms with Crippen molar-refractivity contribution >= 4 is 18.1 Å². The van der Waals surface area contributed by atoms with Crippen LogP contribution in [-0.2, 0) is 0 Å². The summed E-state index contributed by atoms with van der Waals surface area (Å²) in [5.41, 5.74) is 6.50. The number of rotatable bonds is 4. The summed E-state index contributed by atoms with van der Waals surface area (Å²) in [4.78, 5) is 10.3. The molecule has 0 spiro atoms. The third-order valence-corrected chi connectivity index (χ3v) is 2.27. The molecule has 0 amide bonds. The molecule has 0 aliphatic rings. The van der Waals surface area contributed by atoms with E-state index >= 15 is 0 Å². The van der Waals surface area contributed by atoms with Gasteiger partial charge < -0.3 is 10.5 Å². The molecule has 0 bridgehead atoms. The van der Waals surface area contributed by atoms with E-state index < -0.39 is 4.92 Å². The summed E-state index contributed by atoms with van der Waals surface area (Å²) in [6.45, 7) is 1.93. The van der Waals surface area contributed by atoms with Gasteiger partial charge in [-0.1, -0.05) is 13.0 Å². The summed E-state index contributed by atoms with van der Waals surface area (Å²) in [5, 5.41) is 10.7. The van der Waals surface area contributed by atoms with Gasteiger partial charge in [0, 0.05) is 12.1 Å². The maximum atomic E-state index is 10.7. The van der Waals surface area contributed by atoms with Crippen LogP contribution in [0.25, 0.3) is 0 Å². The summed E-state index contributed by atoms with van der Waals surface area (Å²) < 4.78 is 4.89. The molecule has 0 aromatic heterocycles. The van der Waals surface area contributed by atoms with E-state index in [-0.39, 0.29) is 29.9 Å². The van der Waals surface area contributed by atoms with E-state index in [4.69, 9.17) is 10.5 Å². The van der Waals surface area contributed by atoms with Crippen LogP contribution >= 0.6 is 12.4 Å². The minimum absolute atomic E-state index is 0. The van der Waals surface area contributed by atoms with Gasteiger partial charge in [-0.3, -0.25) is 10.1 Å². The van der Waals surface area contributed by atoms with Crippen molar-refractivity contribution in [1.29, 1.82) is 0 Å². The lowest BCUT2D eigenvalue weighted by Gasteiger charge is -2.09. The minimum Gasteiger partial charge on any atom is -0.490 e. The van der Waals surface area contributed by atoms with Crippen LogP contribution in [0.2, 0.25) is 0 Å². The van der Waals surface area contributed by atoms with Gasteiger partial charge in [-0.2, -0.15) is 0 Å². The summed E-state index contributed by atoms with van der Waals surface area (Å²) in [5.74, 6) is 0.257. The largest absolute Gasteiger partial charge is 0.490 e. The number of nitro benzene ring substituents is 1. The smallest absolute Gasteiger partial charge is 0.311 e. The number of benzene rings is 1. The van der Waals surface area contributed by atoms with Crippen molar-refractivity contribution in [2.24, 2.45) is 5.73 Å². The first kappa shape index (κ1) is 14.7. The third-order valence-electron chi connectivity index (χ3n) is 2.27. The van der Waals surface area contributed by atoms with Crippen molar-refractivity contribution in [2.75, 3.05) is 7.11 Å². The molecular weight excluding hydrogens is 232 g/mol. The van der Waals surface area contributed by atoms with Crippen LogP contribution in [0.4, 0.5) is 5.69 Å². The molecule has 90 valence electrons. The quantitative estimate of drug-likeness (QED) is 0.654. The van der Waals surface area contributed by atoms with E-state index in [1.165, 1.54) is 13.2 Å². The Balaban J connectivity index is 0.00000225. The minimum atomic E-state index is -0.468. The Morgan fingerprint density at radius 1 is 1.56 bits per heavy atom. The van der Waals surface area contributed by atoms with Crippen molar-refractivity contribution in [2.45, 2.75) is 19.4 Å². The zero-order valence-electron chi connectivity index (χ0n) is 9.17. The van der Waals surface area contributed by atoms with Crippen LogP contribution in [0.3, 0.4) is 0 Å². The van der Waals surface area contributed by atoms with Crippen LogP contribution in [0.5, 0.6) is 5.75 Å². The van der Waals surface area contributed by atoms with Crippen LogP contribution in [-0.4, -0.2) is 12.0 Å². The first-order chi connectivity index (χ1) is 7.10. The van der Waals surface area contributed by atoms with E-state index in [0.29, 0.717) is 0 Å². The van der Waals surface area contributed by atoms with Gasteiger partial charge >= 0.3 is 5.69 Å². The fourth-order valence-corrected chi connectivity index (χ4v) is 1.32. The highest BCUT2D eigenvalue weighted by molar-refractivity contribution is 5.85. The molecule has 6 heteroatoms. The Morgan fingerprint density at radius 3 is 2.62 bits per heavy atom. The highest BCUT2D eigenvalue weighted by Gasteiger charge is 2.16. The van der Waals surface area contributed by atoms with Crippen molar-refractivity contribution in [3.8, 4) is 5.75 Å². The SMILES string of the molecule is CC[C@H](N)c1ccc(OC)c([N+](=O)[O-])c1.Cl. The zero-order valence-corrected chi connectivity index (χ0v) is 9.99. The average molecular weight is 247 g/mol. The van der Waals surface area contributed by atoms with E-state index in [1.807, 2.05) is 6.92 Å². The zero-order chi connectivity index (χ0) is 11.4. The fraction of sp³-hybridized carbons (Fsp3) is 0.400. The van der Waals surface area contributed by atoms with Crippen LogP contribution in [0, 0.1) is 10.1 Å². The second kappa shape index (κ2) is 6.30. The number of nitrogens with zero attached hydrogens (tertiary/aromatic N) is 1. The Hall–Kier alpha value is -1.33. The Bertz CT molecular complexity index is 371. The van der Waals surface area contributed by atoms with Crippen molar-refractivity contribution < 1.29 is 9.66 Å². The molecule has 0 unspecified atom stereocenters. The van der Waals surface area contributed by atoms with Gasteiger partial charge in [-0.05, 0) is 18.1 Å². The molecule has 16 heavy (non-hydrogen) atoms. The molecule has 1 aromatic rings. The van der Waals surface area contributed by atoms with Gasteiger partial charge in [0.1, 0.15) is 0 Å². The predicted molar refractivity (Wildman–Crippen MR) is 64.1 cm³/mol. The van der Waals surface area contributed by atoms with Crippen molar-refractivity contribution in [1.82, 2.24) is 0 Å². The van der Waals surface area contributed by atoms with Crippen LogP contribution < -0.4 is 10.5 Å². The second-order valence-corrected chi connectivity index (χ2v) is 3.20. The highest BCUT2D eigenvalue weighted by Crippen LogP contribution is 2.29. The molecule has 0 aliphatic carbocycles. The van der Waals surface area contributed by atoms with Gasteiger partial charge in [0.25, 0.3) is 0 Å². The fourth-order valence-electron chi connectivity index (χ4n) is 1.32. The van der Waals surface area contributed by atoms with Crippen molar-refractivity contribution in [3.05, 3.63) is 33.9 Å². The first-order valence-corrected chi connectivity index (χ1v) is 4.68. The molecule has 1 rings (SSSR count). The predicted octanol–water partition coefficient (Wildman–Crippen LogP) is 2.44. The molecule has 0 saturated carbocycles. The molecule has 1 aromatic carbocycles. The molecule has 0 radical (unpaired) electrons. The van der Waals surface area contributed by atoms with Gasteiger partial charge in [0.15, 0.2) is 5.75 Å². The third kappa shape index (κ3) is 3.08. The second-order valence-electron chi connectivity index (χ2n) is 3.20. The van der Waals surface area contributed by atoms with Crippen LogP contribution in [0.15, 0.2) is 18.2 Å². The molecule has 0 fully saturated rings. The number of halogens is 1. The molecule has 5 nitrogen and oxygen atoms in total. The highest BCUT2D eigenvalue weighted by atomic mass is 35.5. The molecule has 0 heterocycles. The number of ether oxygens (including phenoxy) is 1. The maximum absolute atomic E-state index is 10.7. The van der Waals surface area contributed by atoms with E-state index in [2.05, 4.69) is 0 Å². The lowest BCUT2D eigenvalue weighted by molar-refractivity contribution is -0.385. The number of nitro groups is 1. The van der Waals surface area contributed by atoms with Gasteiger partial charge in [0.2, 0.25) is 0 Å². The lowest BCUT2D eigenvalue weighted by atomic mass is 10.0. The van der Waals surface area contributed by atoms with Gasteiger partial charge in [-0.25, -0.2) is 0 Å². The standard InChI is InChI=1S/C10H14N2O3.ClH/c1-3-8(11)7-4-5-10(15-2)9(6-7)12(13)14;/h4-6,8H,3,11H2,1-2H3;1H/t8-;/m0./s1. The van der Waals surface area contributed by atoms with Crippen LogP contribution in [0.1, 0.15) is 24.9 Å². The normalized spacial score (nSPS) is 11.4. The Kier molecular flexibility index (Phi) is 5.77. The van der Waals surface area contributed by atoms with Crippen molar-refractivity contribution in [3.63, 3.8) is 0 Å². The number of nitrogens with two attached hydrogens (primary N) is 1.